The lowest BCUT2D eigenvalue weighted by Crippen LogP contribution is -2.29. The summed E-state index contributed by atoms with van der Waals surface area (Å²) in [7, 11) is 0. The smallest absolute Gasteiger partial charge is 0.254 e. The normalized spacial score (nSPS) is 10.7. The zero-order chi connectivity index (χ0) is 18.7. The molecule has 2 aromatic heterocycles. The number of carbonyl (C=O) groups is 1. The van der Waals surface area contributed by atoms with E-state index in [4.69, 9.17) is 16.1 Å². The molecule has 134 valence electrons. The predicted molar refractivity (Wildman–Crippen MR) is 96.8 cm³/mol. The summed E-state index contributed by atoms with van der Waals surface area (Å²) in [6.07, 6.45) is -0.0453. The monoisotopic (exact) mass is 372 g/mol. The van der Waals surface area contributed by atoms with Crippen LogP contribution < -0.4 is 10.9 Å². The van der Waals surface area contributed by atoms with Crippen molar-refractivity contribution in [2.75, 3.05) is 0 Å². The van der Waals surface area contributed by atoms with Gasteiger partial charge in [0.15, 0.2) is 5.76 Å². The Balaban J connectivity index is 1.62. The minimum absolute atomic E-state index is 0.0453. The van der Waals surface area contributed by atoms with E-state index >= 15 is 0 Å². The molecule has 0 atom stereocenters. The highest BCUT2D eigenvalue weighted by Crippen LogP contribution is 2.22. The van der Waals surface area contributed by atoms with Crippen molar-refractivity contribution in [3.63, 3.8) is 0 Å². The summed E-state index contributed by atoms with van der Waals surface area (Å²) in [5, 5.41) is 7.30. The number of aromatic nitrogens is 3. The Morgan fingerprint density at radius 1 is 1.27 bits per heavy atom. The predicted octanol–water partition coefficient (Wildman–Crippen LogP) is 2.55. The van der Waals surface area contributed by atoms with Crippen LogP contribution in [0.2, 0.25) is 5.02 Å². The highest BCUT2D eigenvalue weighted by molar-refractivity contribution is 6.30. The number of hydrogen-bond acceptors (Lipinski definition) is 5. The van der Waals surface area contributed by atoms with Crippen molar-refractivity contribution >= 4 is 17.5 Å². The zero-order valence-corrected chi connectivity index (χ0v) is 15.1. The Labute approximate surface area is 154 Å². The third kappa shape index (κ3) is 4.18. The number of H-pyrrole nitrogens is 1. The lowest BCUT2D eigenvalue weighted by Gasteiger charge is -2.05. The van der Waals surface area contributed by atoms with Crippen molar-refractivity contribution in [3.05, 3.63) is 68.5 Å². The van der Waals surface area contributed by atoms with Gasteiger partial charge in [0.2, 0.25) is 5.91 Å². The van der Waals surface area contributed by atoms with Gasteiger partial charge >= 0.3 is 0 Å². The summed E-state index contributed by atoms with van der Waals surface area (Å²) >= 11 is 5.86. The number of amides is 1. The van der Waals surface area contributed by atoms with E-state index in [9.17, 15) is 9.59 Å². The highest BCUT2D eigenvalue weighted by Gasteiger charge is 2.13. The van der Waals surface area contributed by atoms with Gasteiger partial charge < -0.3 is 14.8 Å². The lowest BCUT2D eigenvalue weighted by molar-refractivity contribution is -0.120. The van der Waals surface area contributed by atoms with Crippen molar-refractivity contribution in [1.82, 2.24) is 20.4 Å². The zero-order valence-electron chi connectivity index (χ0n) is 14.3. The number of aromatic amines is 1. The first-order chi connectivity index (χ1) is 12.4. The van der Waals surface area contributed by atoms with E-state index in [-0.39, 0.29) is 24.4 Å². The maximum Gasteiger partial charge on any atom is 0.254 e. The van der Waals surface area contributed by atoms with Crippen molar-refractivity contribution < 1.29 is 9.32 Å². The van der Waals surface area contributed by atoms with Crippen LogP contribution in [0.3, 0.4) is 0 Å². The molecule has 0 spiro atoms. The second kappa shape index (κ2) is 7.53. The van der Waals surface area contributed by atoms with Crippen LogP contribution in [0.4, 0.5) is 0 Å². The van der Waals surface area contributed by atoms with E-state index in [1.807, 2.05) is 12.1 Å². The van der Waals surface area contributed by atoms with Crippen molar-refractivity contribution in [2.24, 2.45) is 0 Å². The van der Waals surface area contributed by atoms with Crippen LogP contribution in [-0.4, -0.2) is 21.0 Å². The number of hydrogen-bond donors (Lipinski definition) is 2. The fraction of sp³-hybridized carbons (Fsp3) is 0.222. The van der Waals surface area contributed by atoms with E-state index < -0.39 is 0 Å². The van der Waals surface area contributed by atoms with Crippen molar-refractivity contribution in [3.8, 4) is 11.3 Å². The molecule has 0 radical (unpaired) electrons. The third-order valence-electron chi connectivity index (χ3n) is 3.83. The second-order valence-corrected chi connectivity index (χ2v) is 6.29. The number of halogens is 1. The van der Waals surface area contributed by atoms with Crippen LogP contribution in [0, 0.1) is 13.8 Å². The van der Waals surface area contributed by atoms with Gasteiger partial charge in [-0.05, 0) is 38.1 Å². The first-order valence-corrected chi connectivity index (χ1v) is 8.35. The van der Waals surface area contributed by atoms with E-state index in [0.29, 0.717) is 33.6 Å². The molecule has 0 fully saturated rings. The number of aryl methyl sites for hydroxylation is 2. The molecule has 0 aliphatic rings. The summed E-state index contributed by atoms with van der Waals surface area (Å²) in [6, 6.07) is 8.91. The maximum atomic E-state index is 12.1. The molecule has 7 nitrogen and oxygen atoms in total. The van der Waals surface area contributed by atoms with Crippen molar-refractivity contribution in [1.29, 1.82) is 0 Å². The molecule has 0 saturated heterocycles. The molecule has 1 aromatic carbocycles. The van der Waals surface area contributed by atoms with Crippen LogP contribution in [0.15, 0.2) is 39.6 Å². The molecule has 2 N–H and O–H groups in total. The van der Waals surface area contributed by atoms with Crippen LogP contribution in [0.1, 0.15) is 22.8 Å². The summed E-state index contributed by atoms with van der Waals surface area (Å²) in [5.41, 5.74) is 2.03. The Kier molecular flexibility index (Phi) is 5.18. The number of carbonyl (C=O) groups excluding carboxylic acids is 1. The highest BCUT2D eigenvalue weighted by atomic mass is 35.5. The molecular weight excluding hydrogens is 356 g/mol. The average molecular weight is 373 g/mol. The van der Waals surface area contributed by atoms with Gasteiger partial charge in [-0.3, -0.25) is 9.59 Å². The summed E-state index contributed by atoms with van der Waals surface area (Å²) in [6.45, 7) is 3.61. The largest absolute Gasteiger partial charge is 0.356 e. The number of rotatable bonds is 5. The molecule has 1 amide bonds. The average Bonchev–Trinajstić information content (AvgIpc) is 3.06. The van der Waals surface area contributed by atoms with Crippen LogP contribution in [0.25, 0.3) is 11.3 Å². The molecule has 0 saturated carbocycles. The molecule has 3 aromatic rings. The molecule has 0 bridgehead atoms. The molecule has 8 heteroatoms. The summed E-state index contributed by atoms with van der Waals surface area (Å²) in [5.74, 6) is 0.815. The van der Waals surface area contributed by atoms with Gasteiger partial charge in [0.25, 0.3) is 5.56 Å². The molecule has 0 aliphatic carbocycles. The minimum Gasteiger partial charge on any atom is -0.356 e. The van der Waals surface area contributed by atoms with Crippen LogP contribution in [-0.2, 0) is 17.8 Å². The summed E-state index contributed by atoms with van der Waals surface area (Å²) < 4.78 is 5.28. The first kappa shape index (κ1) is 17.9. The summed E-state index contributed by atoms with van der Waals surface area (Å²) in [4.78, 5) is 30.8. The van der Waals surface area contributed by atoms with Gasteiger partial charge in [0, 0.05) is 27.9 Å². The standard InChI is InChI=1S/C18H17ClN4O3/c1-10-15(18(25)22-11(2)21-10)8-17(24)20-9-14-7-16(26-23-14)12-3-5-13(19)6-4-12/h3-7H,8-9H2,1-2H3,(H,20,24)(H,21,22,25). The lowest BCUT2D eigenvalue weighted by atomic mass is 10.1. The SMILES string of the molecule is Cc1nc(C)c(CC(=O)NCc2cc(-c3ccc(Cl)cc3)on2)c(=O)[nH]1. The van der Waals surface area contributed by atoms with Gasteiger partial charge in [-0.15, -0.1) is 0 Å². The fourth-order valence-corrected chi connectivity index (χ4v) is 2.64. The molecule has 26 heavy (non-hydrogen) atoms. The molecule has 2 heterocycles. The Hall–Kier alpha value is -2.93. The van der Waals surface area contributed by atoms with Crippen molar-refractivity contribution in [2.45, 2.75) is 26.8 Å². The first-order valence-electron chi connectivity index (χ1n) is 7.97. The second-order valence-electron chi connectivity index (χ2n) is 5.86. The quantitative estimate of drug-likeness (QED) is 0.716. The number of benzene rings is 1. The molecular formula is C18H17ClN4O3. The molecule has 0 aliphatic heterocycles. The van der Waals surface area contributed by atoms with Crippen LogP contribution >= 0.6 is 11.6 Å². The molecule has 0 unspecified atom stereocenters. The van der Waals surface area contributed by atoms with Gasteiger partial charge in [-0.1, -0.05) is 16.8 Å². The fourth-order valence-electron chi connectivity index (χ4n) is 2.52. The van der Waals surface area contributed by atoms with E-state index in [2.05, 4.69) is 20.4 Å². The van der Waals surface area contributed by atoms with E-state index in [0.717, 1.165) is 5.56 Å². The third-order valence-corrected chi connectivity index (χ3v) is 4.08. The Bertz CT molecular complexity index is 992. The van der Waals surface area contributed by atoms with Gasteiger partial charge in [0.05, 0.1) is 13.0 Å². The number of nitrogens with one attached hydrogen (secondary N) is 2. The molecule has 3 rings (SSSR count). The van der Waals surface area contributed by atoms with Gasteiger partial charge in [0.1, 0.15) is 11.5 Å². The maximum absolute atomic E-state index is 12.1. The van der Waals surface area contributed by atoms with Crippen LogP contribution in [0.5, 0.6) is 0 Å². The topological polar surface area (TPSA) is 101 Å². The minimum atomic E-state index is -0.295. The van der Waals surface area contributed by atoms with E-state index in [1.165, 1.54) is 0 Å². The number of nitrogens with zero attached hydrogens (tertiary/aromatic N) is 2. The van der Waals surface area contributed by atoms with Gasteiger partial charge in [-0.2, -0.15) is 0 Å². The van der Waals surface area contributed by atoms with Gasteiger partial charge in [-0.25, -0.2) is 4.98 Å². The Morgan fingerprint density at radius 2 is 2.00 bits per heavy atom. The Morgan fingerprint density at radius 3 is 2.69 bits per heavy atom. The van der Waals surface area contributed by atoms with E-state index in [1.54, 1.807) is 32.0 Å².